The number of ether oxygens (including phenoxy) is 1. The fourth-order valence-corrected chi connectivity index (χ4v) is 2.56. The van der Waals surface area contributed by atoms with Crippen LogP contribution in [0.25, 0.3) is 0 Å². The highest BCUT2D eigenvalue weighted by Gasteiger charge is 2.21. The van der Waals surface area contributed by atoms with Crippen LogP contribution in [0.3, 0.4) is 0 Å². The van der Waals surface area contributed by atoms with Crippen LogP contribution in [0.4, 0.5) is 8.78 Å². The van der Waals surface area contributed by atoms with Gasteiger partial charge in [0.15, 0.2) is 11.6 Å². The van der Waals surface area contributed by atoms with E-state index in [4.69, 9.17) is 16.3 Å². The average molecular weight is 364 g/mol. The van der Waals surface area contributed by atoms with Gasteiger partial charge < -0.3 is 9.84 Å². The molecule has 2 nitrogen and oxygen atoms in total. The number of halogens is 4. The van der Waals surface area contributed by atoms with Gasteiger partial charge in [-0.05, 0) is 40.2 Å². The Morgan fingerprint density at radius 3 is 2.55 bits per heavy atom. The third-order valence-corrected chi connectivity index (χ3v) is 3.89. The molecule has 0 bridgehead atoms. The minimum atomic E-state index is -1.20. The van der Waals surface area contributed by atoms with E-state index in [-0.39, 0.29) is 10.0 Å². The van der Waals surface area contributed by atoms with Gasteiger partial charge in [0.1, 0.15) is 11.9 Å². The molecule has 0 radical (unpaired) electrons. The normalized spacial score (nSPS) is 12.3. The number of hydrogen-bond acceptors (Lipinski definition) is 2. The zero-order chi connectivity index (χ0) is 14.9. The predicted molar refractivity (Wildman–Crippen MR) is 76.1 cm³/mol. The van der Waals surface area contributed by atoms with Crippen molar-refractivity contribution in [3.8, 4) is 5.75 Å². The van der Waals surface area contributed by atoms with Crippen molar-refractivity contribution in [2.24, 2.45) is 0 Å². The van der Waals surface area contributed by atoms with E-state index in [1.807, 2.05) is 0 Å². The number of methoxy groups -OCH3 is 1. The van der Waals surface area contributed by atoms with Crippen LogP contribution in [0.15, 0.2) is 34.8 Å². The molecule has 2 rings (SSSR count). The molecule has 0 saturated heterocycles. The van der Waals surface area contributed by atoms with Crippen molar-refractivity contribution < 1.29 is 18.6 Å². The summed E-state index contributed by atoms with van der Waals surface area (Å²) in [4.78, 5) is 0. The second-order valence-corrected chi connectivity index (χ2v) is 5.28. The maximum Gasteiger partial charge on any atom is 0.173 e. The van der Waals surface area contributed by atoms with Gasteiger partial charge in [0.05, 0.1) is 11.6 Å². The van der Waals surface area contributed by atoms with Crippen LogP contribution in [0.5, 0.6) is 5.75 Å². The summed E-state index contributed by atoms with van der Waals surface area (Å²) in [6.07, 6.45) is -1.20. The number of benzene rings is 2. The van der Waals surface area contributed by atoms with Gasteiger partial charge in [-0.15, -0.1) is 0 Å². The molecule has 1 N–H and O–H groups in total. The zero-order valence-corrected chi connectivity index (χ0v) is 12.7. The molecule has 1 unspecified atom stereocenters. The lowest BCUT2D eigenvalue weighted by Crippen LogP contribution is -2.05. The monoisotopic (exact) mass is 362 g/mol. The quantitative estimate of drug-likeness (QED) is 0.815. The first kappa shape index (κ1) is 15.2. The minimum absolute atomic E-state index is 0.132. The van der Waals surface area contributed by atoms with Crippen LogP contribution < -0.4 is 4.74 Å². The molecule has 2 aromatic carbocycles. The average Bonchev–Trinajstić information content (AvgIpc) is 2.44. The standard InChI is InChI=1S/C14H10BrClF2O2/c1-20-11-5-2-7(16)6-9(11)14(19)8-3-4-10(17)13(18)12(8)15/h2-6,14,19H,1H3. The molecule has 1 atom stereocenters. The van der Waals surface area contributed by atoms with E-state index < -0.39 is 17.7 Å². The van der Waals surface area contributed by atoms with Crippen LogP contribution in [-0.4, -0.2) is 12.2 Å². The second-order valence-electron chi connectivity index (χ2n) is 4.05. The van der Waals surface area contributed by atoms with Crippen LogP contribution >= 0.6 is 27.5 Å². The number of hydrogen-bond donors (Lipinski definition) is 1. The fraction of sp³-hybridized carbons (Fsp3) is 0.143. The SMILES string of the molecule is COc1ccc(Cl)cc1C(O)c1ccc(F)c(F)c1Br. The van der Waals surface area contributed by atoms with Gasteiger partial charge in [-0.1, -0.05) is 17.7 Å². The molecular formula is C14H10BrClF2O2. The Hall–Kier alpha value is -1.17. The summed E-state index contributed by atoms with van der Waals surface area (Å²) in [7, 11) is 1.44. The lowest BCUT2D eigenvalue weighted by molar-refractivity contribution is 0.213. The van der Waals surface area contributed by atoms with E-state index >= 15 is 0 Å². The summed E-state index contributed by atoms with van der Waals surface area (Å²) in [5.74, 6) is -1.65. The Labute approximate surface area is 128 Å². The van der Waals surface area contributed by atoms with Gasteiger partial charge in [0.25, 0.3) is 0 Å². The van der Waals surface area contributed by atoms with Crippen LogP contribution in [0, 0.1) is 11.6 Å². The summed E-state index contributed by atoms with van der Waals surface area (Å²) in [5.41, 5.74) is 0.552. The second kappa shape index (κ2) is 6.08. The molecule has 0 aliphatic rings. The van der Waals surface area contributed by atoms with Crippen molar-refractivity contribution in [1.82, 2.24) is 0 Å². The Morgan fingerprint density at radius 2 is 1.90 bits per heavy atom. The van der Waals surface area contributed by atoms with Gasteiger partial charge in [0, 0.05) is 16.1 Å². The van der Waals surface area contributed by atoms with E-state index in [1.165, 1.54) is 19.2 Å². The topological polar surface area (TPSA) is 29.5 Å². The Morgan fingerprint density at radius 1 is 1.20 bits per heavy atom. The van der Waals surface area contributed by atoms with Gasteiger partial charge in [0.2, 0.25) is 0 Å². The highest BCUT2D eigenvalue weighted by Crippen LogP contribution is 2.36. The van der Waals surface area contributed by atoms with E-state index in [1.54, 1.807) is 12.1 Å². The summed E-state index contributed by atoms with van der Waals surface area (Å²) in [5, 5.41) is 10.8. The van der Waals surface area contributed by atoms with Gasteiger partial charge in [-0.2, -0.15) is 0 Å². The van der Waals surface area contributed by atoms with Crippen molar-refractivity contribution in [3.63, 3.8) is 0 Å². The molecule has 0 heterocycles. The molecule has 0 fully saturated rings. The molecule has 0 aromatic heterocycles. The van der Waals surface area contributed by atoms with Crippen molar-refractivity contribution >= 4 is 27.5 Å². The lowest BCUT2D eigenvalue weighted by Gasteiger charge is -2.17. The zero-order valence-electron chi connectivity index (χ0n) is 10.3. The smallest absolute Gasteiger partial charge is 0.173 e. The fourth-order valence-electron chi connectivity index (χ4n) is 1.84. The maximum absolute atomic E-state index is 13.5. The molecule has 0 amide bonds. The Kier molecular flexibility index (Phi) is 4.62. The first-order valence-electron chi connectivity index (χ1n) is 5.60. The summed E-state index contributed by atoms with van der Waals surface area (Å²) < 4.78 is 31.6. The maximum atomic E-state index is 13.5. The summed E-state index contributed by atoms with van der Waals surface area (Å²) in [6, 6.07) is 6.97. The minimum Gasteiger partial charge on any atom is -0.496 e. The highest BCUT2D eigenvalue weighted by atomic mass is 79.9. The van der Waals surface area contributed by atoms with E-state index in [0.29, 0.717) is 16.3 Å². The third kappa shape index (κ3) is 2.80. The van der Waals surface area contributed by atoms with E-state index in [9.17, 15) is 13.9 Å². The van der Waals surface area contributed by atoms with E-state index in [2.05, 4.69) is 15.9 Å². The van der Waals surface area contributed by atoms with Gasteiger partial charge in [-0.3, -0.25) is 0 Å². The number of rotatable bonds is 3. The Bertz CT molecular complexity index is 649. The molecule has 0 aliphatic carbocycles. The molecule has 106 valence electrons. The molecule has 0 spiro atoms. The number of aliphatic hydroxyl groups excluding tert-OH is 1. The Balaban J connectivity index is 2.54. The van der Waals surface area contributed by atoms with E-state index in [0.717, 1.165) is 6.07 Å². The van der Waals surface area contributed by atoms with Crippen LogP contribution in [0.2, 0.25) is 5.02 Å². The molecule has 0 aliphatic heterocycles. The van der Waals surface area contributed by atoms with Gasteiger partial charge >= 0.3 is 0 Å². The van der Waals surface area contributed by atoms with Crippen LogP contribution in [-0.2, 0) is 0 Å². The van der Waals surface area contributed by atoms with Crippen molar-refractivity contribution in [2.75, 3.05) is 7.11 Å². The first-order chi connectivity index (χ1) is 9.45. The van der Waals surface area contributed by atoms with Crippen LogP contribution in [0.1, 0.15) is 17.2 Å². The van der Waals surface area contributed by atoms with Crippen molar-refractivity contribution in [2.45, 2.75) is 6.10 Å². The van der Waals surface area contributed by atoms with Crippen molar-refractivity contribution in [3.05, 3.63) is 62.6 Å². The highest BCUT2D eigenvalue weighted by molar-refractivity contribution is 9.10. The lowest BCUT2D eigenvalue weighted by atomic mass is 10.0. The van der Waals surface area contributed by atoms with Crippen molar-refractivity contribution in [1.29, 1.82) is 0 Å². The molecule has 2 aromatic rings. The predicted octanol–water partition coefficient (Wildman–Crippen LogP) is 4.47. The third-order valence-electron chi connectivity index (χ3n) is 2.85. The molecular weight excluding hydrogens is 354 g/mol. The summed E-state index contributed by atoms with van der Waals surface area (Å²) >= 11 is 8.83. The summed E-state index contributed by atoms with van der Waals surface area (Å²) in [6.45, 7) is 0. The number of aliphatic hydroxyl groups is 1. The molecule has 0 saturated carbocycles. The molecule has 6 heteroatoms. The first-order valence-corrected chi connectivity index (χ1v) is 6.77. The largest absolute Gasteiger partial charge is 0.496 e. The molecule has 20 heavy (non-hydrogen) atoms. The van der Waals surface area contributed by atoms with Gasteiger partial charge in [-0.25, -0.2) is 8.78 Å².